The third-order valence-electron chi connectivity index (χ3n) is 7.08. The van der Waals surface area contributed by atoms with Crippen LogP contribution in [0.15, 0.2) is 47.4 Å². The van der Waals surface area contributed by atoms with Crippen molar-refractivity contribution in [2.75, 3.05) is 32.8 Å². The lowest BCUT2D eigenvalue weighted by atomic mass is 10.0. The molecule has 0 saturated carbocycles. The van der Waals surface area contributed by atoms with Gasteiger partial charge in [-0.3, -0.25) is 9.69 Å². The summed E-state index contributed by atoms with van der Waals surface area (Å²) in [5.74, 6) is -1.43. The SMILES string of the molecule is O=C(O)[C@H](Cc1ccc(OCCN2CCCCC2)cc1)NC(=O)[C@@H]1C[C@H](O)CN1S(=O)(=O)c1cc(Cl)cc(Cl)c1. The van der Waals surface area contributed by atoms with Crippen LogP contribution < -0.4 is 10.1 Å². The van der Waals surface area contributed by atoms with Gasteiger partial charge in [0.15, 0.2) is 0 Å². The molecule has 10 nitrogen and oxygen atoms in total. The first-order valence-electron chi connectivity index (χ1n) is 13.2. The zero-order valence-electron chi connectivity index (χ0n) is 21.8. The molecular weight excluding hydrogens is 581 g/mol. The quantitative estimate of drug-likeness (QED) is 0.352. The van der Waals surface area contributed by atoms with Gasteiger partial charge in [0.1, 0.15) is 24.4 Å². The van der Waals surface area contributed by atoms with Gasteiger partial charge in [-0.05, 0) is 61.8 Å². The van der Waals surface area contributed by atoms with E-state index in [-0.39, 0.29) is 34.3 Å². The van der Waals surface area contributed by atoms with Gasteiger partial charge in [0.05, 0.1) is 11.0 Å². The monoisotopic (exact) mass is 613 g/mol. The van der Waals surface area contributed by atoms with Gasteiger partial charge in [-0.1, -0.05) is 41.8 Å². The second-order valence-corrected chi connectivity index (χ2v) is 12.8. The average molecular weight is 615 g/mol. The Morgan fingerprint density at radius 2 is 1.70 bits per heavy atom. The van der Waals surface area contributed by atoms with Crippen LogP contribution in [0.25, 0.3) is 0 Å². The van der Waals surface area contributed by atoms with Crippen LogP contribution in [0, 0.1) is 0 Å². The number of nitrogens with zero attached hydrogens (tertiary/aromatic N) is 2. The number of β-amino-alcohol motifs (C(OH)–C–C–N with tert-alkyl or cyclic N) is 1. The number of benzene rings is 2. The van der Waals surface area contributed by atoms with Crippen molar-refractivity contribution in [2.24, 2.45) is 0 Å². The summed E-state index contributed by atoms with van der Waals surface area (Å²) in [6, 6.07) is 8.11. The number of aliphatic hydroxyl groups is 1. The molecule has 2 aromatic rings. The number of carboxylic acid groups (broad SMARTS) is 1. The van der Waals surface area contributed by atoms with Gasteiger partial charge >= 0.3 is 5.97 Å². The lowest BCUT2D eigenvalue weighted by Crippen LogP contribution is -2.51. The maximum Gasteiger partial charge on any atom is 0.326 e. The molecule has 0 aliphatic carbocycles. The van der Waals surface area contributed by atoms with Crippen molar-refractivity contribution < 1.29 is 33.0 Å². The lowest BCUT2D eigenvalue weighted by molar-refractivity contribution is -0.142. The average Bonchev–Trinajstić information content (AvgIpc) is 3.32. The third kappa shape index (κ3) is 7.86. The largest absolute Gasteiger partial charge is 0.492 e. The number of carbonyl (C=O) groups excluding carboxylic acids is 1. The summed E-state index contributed by atoms with van der Waals surface area (Å²) >= 11 is 11.9. The minimum atomic E-state index is -4.27. The van der Waals surface area contributed by atoms with E-state index in [0.29, 0.717) is 17.9 Å². The van der Waals surface area contributed by atoms with E-state index in [1.54, 1.807) is 24.3 Å². The van der Waals surface area contributed by atoms with Crippen LogP contribution in [0.3, 0.4) is 0 Å². The molecule has 2 saturated heterocycles. The van der Waals surface area contributed by atoms with E-state index < -0.39 is 40.1 Å². The molecule has 2 fully saturated rings. The Bertz CT molecular complexity index is 1280. The molecule has 218 valence electrons. The molecule has 40 heavy (non-hydrogen) atoms. The predicted octanol–water partition coefficient (Wildman–Crippen LogP) is 2.79. The summed E-state index contributed by atoms with van der Waals surface area (Å²) in [7, 11) is -4.27. The Morgan fingerprint density at radius 3 is 2.33 bits per heavy atom. The number of carboxylic acids is 1. The Labute approximate surface area is 243 Å². The minimum Gasteiger partial charge on any atom is -0.492 e. The topological polar surface area (TPSA) is 136 Å². The highest BCUT2D eigenvalue weighted by Gasteiger charge is 2.44. The number of nitrogens with one attached hydrogen (secondary N) is 1. The number of hydrogen-bond donors (Lipinski definition) is 3. The first-order valence-corrected chi connectivity index (χ1v) is 15.4. The van der Waals surface area contributed by atoms with Crippen molar-refractivity contribution in [3.63, 3.8) is 0 Å². The summed E-state index contributed by atoms with van der Waals surface area (Å²) in [6.45, 7) is 3.25. The minimum absolute atomic E-state index is 0.0267. The number of likely N-dealkylation sites (tertiary alicyclic amines) is 1. The first-order chi connectivity index (χ1) is 19.0. The normalized spacial score (nSPS) is 21.2. The summed E-state index contributed by atoms with van der Waals surface area (Å²) in [5, 5.41) is 22.6. The van der Waals surface area contributed by atoms with Crippen molar-refractivity contribution >= 4 is 45.1 Å². The van der Waals surface area contributed by atoms with Crippen molar-refractivity contribution in [1.29, 1.82) is 0 Å². The third-order valence-corrected chi connectivity index (χ3v) is 9.37. The molecule has 0 unspecified atom stereocenters. The van der Waals surface area contributed by atoms with Crippen LogP contribution >= 0.6 is 23.2 Å². The summed E-state index contributed by atoms with van der Waals surface area (Å²) in [6.07, 6.45) is 2.38. The number of aliphatic carboxylic acids is 1. The highest BCUT2D eigenvalue weighted by molar-refractivity contribution is 7.89. The van der Waals surface area contributed by atoms with Crippen LogP contribution in [-0.4, -0.2) is 90.7 Å². The number of piperidine rings is 1. The maximum atomic E-state index is 13.3. The van der Waals surface area contributed by atoms with Gasteiger partial charge in [0.25, 0.3) is 0 Å². The zero-order chi connectivity index (χ0) is 28.9. The van der Waals surface area contributed by atoms with Crippen LogP contribution in [-0.2, 0) is 26.0 Å². The molecule has 0 spiro atoms. The van der Waals surface area contributed by atoms with Crippen LogP contribution in [0.4, 0.5) is 0 Å². The molecule has 0 aromatic heterocycles. The van der Waals surface area contributed by atoms with Crippen molar-refractivity contribution in [2.45, 2.75) is 55.2 Å². The molecule has 2 aliphatic rings. The first kappa shape index (κ1) is 30.5. The van der Waals surface area contributed by atoms with Gasteiger partial charge in [0.2, 0.25) is 15.9 Å². The van der Waals surface area contributed by atoms with E-state index in [4.69, 9.17) is 27.9 Å². The number of carbonyl (C=O) groups is 2. The number of aliphatic hydroxyl groups excluding tert-OH is 1. The molecule has 3 N–H and O–H groups in total. The zero-order valence-corrected chi connectivity index (χ0v) is 24.2. The molecule has 4 rings (SSSR count). The van der Waals surface area contributed by atoms with E-state index in [1.165, 1.54) is 37.5 Å². The van der Waals surface area contributed by atoms with Gasteiger partial charge in [0, 0.05) is 36.0 Å². The van der Waals surface area contributed by atoms with E-state index >= 15 is 0 Å². The fourth-order valence-electron chi connectivity index (χ4n) is 5.00. The fourth-order valence-corrected chi connectivity index (χ4v) is 7.37. The highest BCUT2D eigenvalue weighted by atomic mass is 35.5. The molecular formula is C27H33Cl2N3O7S. The van der Waals surface area contributed by atoms with Crippen LogP contribution in [0.1, 0.15) is 31.2 Å². The molecule has 0 bridgehead atoms. The summed E-state index contributed by atoms with van der Waals surface area (Å²) in [4.78, 5) is 27.3. The number of sulfonamides is 1. The summed E-state index contributed by atoms with van der Waals surface area (Å²) < 4.78 is 33.3. The van der Waals surface area contributed by atoms with Gasteiger partial charge < -0.3 is 20.3 Å². The van der Waals surface area contributed by atoms with Crippen molar-refractivity contribution in [3.05, 3.63) is 58.1 Å². The Kier molecular flexibility index (Phi) is 10.3. The van der Waals surface area contributed by atoms with Crippen molar-refractivity contribution in [3.8, 4) is 5.75 Å². The Hall–Kier alpha value is -2.41. The van der Waals surface area contributed by atoms with E-state index in [2.05, 4.69) is 10.2 Å². The molecule has 2 heterocycles. The van der Waals surface area contributed by atoms with E-state index in [0.717, 1.165) is 23.9 Å². The second kappa shape index (κ2) is 13.5. The fraction of sp³-hybridized carbons (Fsp3) is 0.481. The predicted molar refractivity (Wildman–Crippen MR) is 150 cm³/mol. The van der Waals surface area contributed by atoms with Gasteiger partial charge in [-0.15, -0.1) is 0 Å². The van der Waals surface area contributed by atoms with E-state index in [1.807, 2.05) is 0 Å². The summed E-state index contributed by atoms with van der Waals surface area (Å²) in [5.41, 5.74) is 0.653. The molecule has 13 heteroatoms. The number of amides is 1. The number of ether oxygens (including phenoxy) is 1. The van der Waals surface area contributed by atoms with E-state index in [9.17, 15) is 28.2 Å². The van der Waals surface area contributed by atoms with Crippen molar-refractivity contribution in [1.82, 2.24) is 14.5 Å². The molecule has 3 atom stereocenters. The molecule has 0 radical (unpaired) electrons. The number of rotatable bonds is 11. The number of hydrogen-bond acceptors (Lipinski definition) is 7. The number of halogens is 2. The Balaban J connectivity index is 1.38. The molecule has 1 amide bonds. The second-order valence-electron chi connectivity index (χ2n) is 10.1. The molecule has 2 aliphatic heterocycles. The maximum absolute atomic E-state index is 13.3. The van der Waals surface area contributed by atoms with Gasteiger partial charge in [-0.2, -0.15) is 4.31 Å². The standard InChI is InChI=1S/C27H33Cl2N3O7S/c28-19-13-20(29)15-23(14-19)40(37,38)32-17-21(33)16-25(32)26(34)30-24(27(35)36)12-18-4-6-22(7-5-18)39-11-10-31-8-2-1-3-9-31/h4-7,13-15,21,24-25,33H,1-3,8-12,16-17H2,(H,30,34)(H,35,36)/t21-,24-,25-/m0/s1. The Morgan fingerprint density at radius 1 is 1.05 bits per heavy atom. The highest BCUT2D eigenvalue weighted by Crippen LogP contribution is 2.30. The van der Waals surface area contributed by atoms with Crippen LogP contribution in [0.5, 0.6) is 5.75 Å². The molecule has 2 aromatic carbocycles. The smallest absolute Gasteiger partial charge is 0.326 e. The van der Waals surface area contributed by atoms with Crippen LogP contribution in [0.2, 0.25) is 10.0 Å². The van der Waals surface area contributed by atoms with Gasteiger partial charge in [-0.25, -0.2) is 13.2 Å². The lowest BCUT2D eigenvalue weighted by Gasteiger charge is -2.26.